The van der Waals surface area contributed by atoms with Crippen LogP contribution in [0.5, 0.6) is 0 Å². The molecule has 0 saturated carbocycles. The van der Waals surface area contributed by atoms with E-state index in [-0.39, 0.29) is 0 Å². The molecular weight excluding hydrogens is 238 g/mol. The molecule has 0 atom stereocenters. The molecular formula is C16H23NO2. The molecule has 0 aliphatic rings. The second-order valence-electron chi connectivity index (χ2n) is 5.57. The summed E-state index contributed by atoms with van der Waals surface area (Å²) in [5, 5.41) is 2.69. The predicted octanol–water partition coefficient (Wildman–Crippen LogP) is 2.88. The smallest absolute Gasteiger partial charge is 0.292 e. The molecule has 3 nitrogen and oxygen atoms in total. The SMILES string of the molecule is Cc1cc(C)c(C)c(C(=O)C(=O)NCC(C)C)c1C. The molecule has 0 saturated heterocycles. The van der Waals surface area contributed by atoms with Crippen molar-refractivity contribution in [2.24, 2.45) is 5.92 Å². The molecule has 0 spiro atoms. The number of ketones is 1. The van der Waals surface area contributed by atoms with E-state index >= 15 is 0 Å². The van der Waals surface area contributed by atoms with E-state index in [1.807, 2.05) is 47.6 Å². The van der Waals surface area contributed by atoms with Crippen molar-refractivity contribution in [2.75, 3.05) is 6.54 Å². The largest absolute Gasteiger partial charge is 0.349 e. The Balaban J connectivity index is 3.09. The fraction of sp³-hybridized carbons (Fsp3) is 0.500. The van der Waals surface area contributed by atoms with E-state index in [0.717, 1.165) is 22.3 Å². The summed E-state index contributed by atoms with van der Waals surface area (Å²) in [5.74, 6) is -0.606. The van der Waals surface area contributed by atoms with Crippen molar-refractivity contribution in [3.63, 3.8) is 0 Å². The van der Waals surface area contributed by atoms with Gasteiger partial charge in [0.1, 0.15) is 0 Å². The Labute approximate surface area is 115 Å². The maximum atomic E-state index is 12.3. The lowest BCUT2D eigenvalue weighted by Crippen LogP contribution is -2.34. The van der Waals surface area contributed by atoms with Crippen LogP contribution in [0.2, 0.25) is 0 Å². The van der Waals surface area contributed by atoms with Gasteiger partial charge in [-0.25, -0.2) is 0 Å². The van der Waals surface area contributed by atoms with Crippen molar-refractivity contribution in [3.8, 4) is 0 Å². The number of nitrogens with one attached hydrogen (secondary N) is 1. The summed E-state index contributed by atoms with van der Waals surface area (Å²) < 4.78 is 0. The van der Waals surface area contributed by atoms with Gasteiger partial charge < -0.3 is 5.32 Å². The number of amides is 1. The van der Waals surface area contributed by atoms with E-state index < -0.39 is 11.7 Å². The first-order chi connectivity index (χ1) is 8.75. The fourth-order valence-corrected chi connectivity index (χ4v) is 2.05. The van der Waals surface area contributed by atoms with Crippen LogP contribution in [0.4, 0.5) is 0 Å². The summed E-state index contributed by atoms with van der Waals surface area (Å²) in [6.07, 6.45) is 0. The maximum Gasteiger partial charge on any atom is 0.292 e. The zero-order chi connectivity index (χ0) is 14.7. The van der Waals surface area contributed by atoms with E-state index in [1.165, 1.54) is 0 Å². The number of rotatable bonds is 4. The Morgan fingerprint density at radius 3 is 1.95 bits per heavy atom. The normalized spacial score (nSPS) is 10.7. The zero-order valence-electron chi connectivity index (χ0n) is 12.7. The molecule has 1 N–H and O–H groups in total. The van der Waals surface area contributed by atoms with Crippen LogP contribution in [-0.4, -0.2) is 18.2 Å². The summed E-state index contributed by atoms with van der Waals surface area (Å²) in [7, 11) is 0. The molecule has 0 aliphatic heterocycles. The highest BCUT2D eigenvalue weighted by Crippen LogP contribution is 2.22. The highest BCUT2D eigenvalue weighted by molar-refractivity contribution is 6.43. The van der Waals surface area contributed by atoms with Gasteiger partial charge in [0.25, 0.3) is 11.7 Å². The van der Waals surface area contributed by atoms with Gasteiger partial charge in [-0.2, -0.15) is 0 Å². The Morgan fingerprint density at radius 2 is 1.53 bits per heavy atom. The van der Waals surface area contributed by atoms with E-state index in [2.05, 4.69) is 5.32 Å². The van der Waals surface area contributed by atoms with Crippen molar-refractivity contribution < 1.29 is 9.59 Å². The van der Waals surface area contributed by atoms with Gasteiger partial charge in [-0.15, -0.1) is 0 Å². The molecule has 0 unspecified atom stereocenters. The third kappa shape index (κ3) is 3.43. The third-order valence-electron chi connectivity index (χ3n) is 3.47. The number of benzene rings is 1. The molecule has 19 heavy (non-hydrogen) atoms. The summed E-state index contributed by atoms with van der Waals surface area (Å²) >= 11 is 0. The van der Waals surface area contributed by atoms with Gasteiger partial charge in [0.15, 0.2) is 0 Å². The minimum Gasteiger partial charge on any atom is -0.349 e. The second kappa shape index (κ2) is 6.00. The van der Waals surface area contributed by atoms with Crippen molar-refractivity contribution in [2.45, 2.75) is 41.5 Å². The standard InChI is InChI=1S/C16H23NO2/c1-9(2)8-17-16(19)15(18)14-12(5)10(3)7-11(4)13(14)6/h7,9H,8H2,1-6H3,(H,17,19). The first-order valence-electron chi connectivity index (χ1n) is 6.65. The van der Waals surface area contributed by atoms with Crippen LogP contribution in [0, 0.1) is 33.6 Å². The summed E-state index contributed by atoms with van der Waals surface area (Å²) in [6, 6.07) is 2.05. The molecule has 104 valence electrons. The Bertz CT molecular complexity index is 490. The van der Waals surface area contributed by atoms with Crippen molar-refractivity contribution in [1.82, 2.24) is 5.32 Å². The van der Waals surface area contributed by atoms with Crippen LogP contribution in [0.1, 0.15) is 46.5 Å². The Hall–Kier alpha value is -1.64. The predicted molar refractivity (Wildman–Crippen MR) is 77.6 cm³/mol. The van der Waals surface area contributed by atoms with Crippen LogP contribution in [0.15, 0.2) is 6.07 Å². The summed E-state index contributed by atoms with van der Waals surface area (Å²) in [5.41, 5.74) is 4.44. The van der Waals surface area contributed by atoms with Crippen LogP contribution < -0.4 is 5.32 Å². The molecule has 0 aromatic heterocycles. The van der Waals surface area contributed by atoms with Gasteiger partial charge in [-0.1, -0.05) is 19.9 Å². The molecule has 3 heteroatoms. The quantitative estimate of drug-likeness (QED) is 0.669. The van der Waals surface area contributed by atoms with E-state index in [0.29, 0.717) is 18.0 Å². The molecule has 0 aliphatic carbocycles. The Morgan fingerprint density at radius 1 is 1.05 bits per heavy atom. The van der Waals surface area contributed by atoms with Crippen LogP contribution >= 0.6 is 0 Å². The third-order valence-corrected chi connectivity index (χ3v) is 3.47. The molecule has 1 amide bonds. The van der Waals surface area contributed by atoms with Gasteiger partial charge in [-0.05, 0) is 55.9 Å². The molecule has 1 aromatic rings. The molecule has 1 aromatic carbocycles. The number of hydrogen-bond donors (Lipinski definition) is 1. The summed E-state index contributed by atoms with van der Waals surface area (Å²) in [6.45, 7) is 12.2. The molecule has 0 bridgehead atoms. The molecule has 1 rings (SSSR count). The second-order valence-corrected chi connectivity index (χ2v) is 5.57. The molecule has 0 heterocycles. The topological polar surface area (TPSA) is 46.2 Å². The Kier molecular flexibility index (Phi) is 4.87. The van der Waals surface area contributed by atoms with Gasteiger partial charge in [0.05, 0.1) is 0 Å². The number of Topliss-reactive ketones (excluding diaryl/α,β-unsaturated/α-hetero) is 1. The van der Waals surface area contributed by atoms with Crippen molar-refractivity contribution >= 4 is 11.7 Å². The molecule has 0 radical (unpaired) electrons. The fourth-order valence-electron chi connectivity index (χ4n) is 2.05. The maximum absolute atomic E-state index is 12.3. The minimum absolute atomic E-state index is 0.332. The van der Waals surface area contributed by atoms with Crippen LogP contribution in [0.3, 0.4) is 0 Å². The first kappa shape index (κ1) is 15.4. The van der Waals surface area contributed by atoms with E-state index in [9.17, 15) is 9.59 Å². The van der Waals surface area contributed by atoms with Crippen molar-refractivity contribution in [1.29, 1.82) is 0 Å². The van der Waals surface area contributed by atoms with E-state index in [4.69, 9.17) is 0 Å². The monoisotopic (exact) mass is 261 g/mol. The average Bonchev–Trinajstić information content (AvgIpc) is 2.33. The van der Waals surface area contributed by atoms with Gasteiger partial charge in [0, 0.05) is 12.1 Å². The summed E-state index contributed by atoms with van der Waals surface area (Å²) in [4.78, 5) is 24.2. The molecule has 0 fully saturated rings. The lowest BCUT2D eigenvalue weighted by Gasteiger charge is -2.14. The number of carbonyl (C=O) groups excluding carboxylic acids is 2. The van der Waals surface area contributed by atoms with E-state index in [1.54, 1.807) is 0 Å². The highest BCUT2D eigenvalue weighted by atomic mass is 16.2. The lowest BCUT2D eigenvalue weighted by molar-refractivity contribution is -0.117. The first-order valence-corrected chi connectivity index (χ1v) is 6.65. The van der Waals surface area contributed by atoms with Gasteiger partial charge in [-0.3, -0.25) is 9.59 Å². The van der Waals surface area contributed by atoms with Gasteiger partial charge >= 0.3 is 0 Å². The average molecular weight is 261 g/mol. The van der Waals surface area contributed by atoms with Crippen LogP contribution in [0.25, 0.3) is 0 Å². The van der Waals surface area contributed by atoms with Crippen LogP contribution in [-0.2, 0) is 4.79 Å². The van der Waals surface area contributed by atoms with Crippen molar-refractivity contribution in [3.05, 3.63) is 33.9 Å². The minimum atomic E-state index is -0.509. The zero-order valence-corrected chi connectivity index (χ0v) is 12.7. The number of hydrogen-bond acceptors (Lipinski definition) is 2. The number of aryl methyl sites for hydroxylation is 2. The number of carbonyl (C=O) groups is 2. The lowest BCUT2D eigenvalue weighted by atomic mass is 9.91. The van der Waals surface area contributed by atoms with Gasteiger partial charge in [0.2, 0.25) is 0 Å². The highest BCUT2D eigenvalue weighted by Gasteiger charge is 2.22.